The lowest BCUT2D eigenvalue weighted by atomic mass is 9.96. The summed E-state index contributed by atoms with van der Waals surface area (Å²) >= 11 is 0. The molecule has 18 heavy (non-hydrogen) atoms. The highest BCUT2D eigenvalue weighted by atomic mass is 16.1. The fourth-order valence-corrected chi connectivity index (χ4v) is 2.30. The Hall–Kier alpha value is -1.35. The molecule has 1 atom stereocenters. The number of rotatable bonds is 5. The number of hydrogen-bond acceptors (Lipinski definition) is 2. The molecule has 2 rings (SSSR count). The van der Waals surface area contributed by atoms with Crippen LogP contribution in [0.1, 0.15) is 30.9 Å². The van der Waals surface area contributed by atoms with Gasteiger partial charge in [0, 0.05) is 18.5 Å². The van der Waals surface area contributed by atoms with Crippen LogP contribution < -0.4 is 11.1 Å². The minimum atomic E-state index is 0.0120. The lowest BCUT2D eigenvalue weighted by Gasteiger charge is -2.12. The average molecular weight is 246 g/mol. The van der Waals surface area contributed by atoms with Gasteiger partial charge in [-0.05, 0) is 36.8 Å². The minimum Gasteiger partial charge on any atom is -0.359 e. The largest absolute Gasteiger partial charge is 0.359 e. The van der Waals surface area contributed by atoms with Crippen molar-refractivity contribution in [1.29, 1.82) is 0 Å². The summed E-state index contributed by atoms with van der Waals surface area (Å²) in [5.41, 5.74) is 8.69. The molecule has 0 aromatic heterocycles. The van der Waals surface area contributed by atoms with Crippen molar-refractivity contribution in [3.63, 3.8) is 0 Å². The molecule has 0 heterocycles. The average Bonchev–Trinajstić information content (AvgIpc) is 3.06. The Labute approximate surface area is 109 Å². The van der Waals surface area contributed by atoms with Crippen molar-refractivity contribution in [3.05, 3.63) is 35.4 Å². The quantitative estimate of drug-likeness (QED) is 0.830. The Bertz CT molecular complexity index is 438. The maximum atomic E-state index is 11.5. The topological polar surface area (TPSA) is 55.1 Å². The van der Waals surface area contributed by atoms with Crippen LogP contribution >= 0.6 is 0 Å². The van der Waals surface area contributed by atoms with E-state index in [0.717, 1.165) is 25.7 Å². The molecular formula is C15H22N2O. The standard InChI is InChI=1S/C15H22N2O/c1-11(14(18)17-2)8-12-4-3-5-13(9-12)10-15(16)6-7-15/h3-5,9,11H,6-8,10,16H2,1-2H3,(H,17,18). The van der Waals surface area contributed by atoms with Crippen LogP contribution in [0.5, 0.6) is 0 Å². The highest BCUT2D eigenvalue weighted by Gasteiger charge is 2.37. The maximum Gasteiger partial charge on any atom is 0.222 e. The van der Waals surface area contributed by atoms with E-state index in [2.05, 4.69) is 29.6 Å². The second-order valence-corrected chi connectivity index (χ2v) is 5.58. The molecule has 0 saturated heterocycles. The molecule has 3 N–H and O–H groups in total. The normalized spacial score (nSPS) is 18.2. The van der Waals surface area contributed by atoms with Crippen LogP contribution in [0.2, 0.25) is 0 Å². The number of carbonyl (C=O) groups excluding carboxylic acids is 1. The Morgan fingerprint density at radius 1 is 1.44 bits per heavy atom. The second kappa shape index (κ2) is 5.11. The summed E-state index contributed by atoms with van der Waals surface area (Å²) in [4.78, 5) is 11.5. The molecule has 0 aliphatic heterocycles. The van der Waals surface area contributed by atoms with Crippen molar-refractivity contribution in [3.8, 4) is 0 Å². The summed E-state index contributed by atoms with van der Waals surface area (Å²) in [5.74, 6) is 0.107. The van der Waals surface area contributed by atoms with Gasteiger partial charge in [-0.25, -0.2) is 0 Å². The number of hydrogen-bond donors (Lipinski definition) is 2. The van der Waals surface area contributed by atoms with Gasteiger partial charge in [0.05, 0.1) is 0 Å². The number of amides is 1. The molecule has 1 fully saturated rings. The van der Waals surface area contributed by atoms with E-state index < -0.39 is 0 Å². The van der Waals surface area contributed by atoms with Gasteiger partial charge in [-0.1, -0.05) is 31.2 Å². The molecule has 98 valence electrons. The van der Waals surface area contributed by atoms with Crippen LogP contribution in [0.3, 0.4) is 0 Å². The summed E-state index contributed by atoms with van der Waals surface area (Å²) in [6, 6.07) is 8.46. The predicted molar refractivity (Wildman–Crippen MR) is 73.2 cm³/mol. The van der Waals surface area contributed by atoms with Crippen LogP contribution in [0.25, 0.3) is 0 Å². The van der Waals surface area contributed by atoms with Crippen molar-refractivity contribution in [1.82, 2.24) is 5.32 Å². The van der Waals surface area contributed by atoms with E-state index in [-0.39, 0.29) is 17.4 Å². The predicted octanol–water partition coefficient (Wildman–Crippen LogP) is 1.65. The SMILES string of the molecule is CNC(=O)C(C)Cc1cccc(CC2(N)CC2)c1. The molecule has 3 nitrogen and oxygen atoms in total. The lowest BCUT2D eigenvalue weighted by Crippen LogP contribution is -2.27. The first-order valence-electron chi connectivity index (χ1n) is 6.61. The fourth-order valence-electron chi connectivity index (χ4n) is 2.30. The molecule has 0 bridgehead atoms. The molecule has 3 heteroatoms. The van der Waals surface area contributed by atoms with E-state index in [9.17, 15) is 4.79 Å². The summed E-state index contributed by atoms with van der Waals surface area (Å²) in [7, 11) is 1.68. The van der Waals surface area contributed by atoms with E-state index in [1.54, 1.807) is 7.05 Å². The fraction of sp³-hybridized carbons (Fsp3) is 0.533. The first kappa shape index (κ1) is 13.1. The molecule has 1 unspecified atom stereocenters. The highest BCUT2D eigenvalue weighted by Crippen LogP contribution is 2.35. The van der Waals surface area contributed by atoms with E-state index in [1.165, 1.54) is 11.1 Å². The van der Waals surface area contributed by atoms with Gasteiger partial charge in [0.2, 0.25) is 5.91 Å². The van der Waals surface area contributed by atoms with Gasteiger partial charge in [0.15, 0.2) is 0 Å². The van der Waals surface area contributed by atoms with Crippen LogP contribution in [0.4, 0.5) is 0 Å². The zero-order chi connectivity index (χ0) is 13.2. The van der Waals surface area contributed by atoms with Crippen molar-refractivity contribution >= 4 is 5.91 Å². The number of nitrogens with one attached hydrogen (secondary N) is 1. The van der Waals surface area contributed by atoms with E-state index in [4.69, 9.17) is 5.73 Å². The summed E-state index contributed by atoms with van der Waals surface area (Å²) in [6.45, 7) is 1.96. The molecule has 1 aromatic carbocycles. The number of benzene rings is 1. The maximum absolute atomic E-state index is 11.5. The van der Waals surface area contributed by atoms with Gasteiger partial charge in [0.1, 0.15) is 0 Å². The highest BCUT2D eigenvalue weighted by molar-refractivity contribution is 5.78. The van der Waals surface area contributed by atoms with Gasteiger partial charge in [-0.3, -0.25) is 4.79 Å². The third kappa shape index (κ3) is 3.33. The first-order chi connectivity index (χ1) is 8.52. The third-order valence-corrected chi connectivity index (χ3v) is 3.68. The van der Waals surface area contributed by atoms with E-state index in [0.29, 0.717) is 0 Å². The molecule has 1 saturated carbocycles. The van der Waals surface area contributed by atoms with Crippen LogP contribution in [0.15, 0.2) is 24.3 Å². The zero-order valence-electron chi connectivity index (χ0n) is 11.2. The smallest absolute Gasteiger partial charge is 0.222 e. The van der Waals surface area contributed by atoms with Crippen molar-refractivity contribution < 1.29 is 4.79 Å². The van der Waals surface area contributed by atoms with Gasteiger partial charge in [-0.15, -0.1) is 0 Å². The monoisotopic (exact) mass is 246 g/mol. The van der Waals surface area contributed by atoms with Gasteiger partial charge in [0.25, 0.3) is 0 Å². The molecule has 1 aliphatic carbocycles. The van der Waals surface area contributed by atoms with Gasteiger partial charge >= 0.3 is 0 Å². The Morgan fingerprint density at radius 3 is 2.72 bits per heavy atom. The summed E-state index contributed by atoms with van der Waals surface area (Å²) in [6.07, 6.45) is 4.00. The van der Waals surface area contributed by atoms with Crippen LogP contribution in [0, 0.1) is 5.92 Å². The van der Waals surface area contributed by atoms with Gasteiger partial charge < -0.3 is 11.1 Å². The molecule has 1 aromatic rings. The lowest BCUT2D eigenvalue weighted by molar-refractivity contribution is -0.123. The van der Waals surface area contributed by atoms with Crippen molar-refractivity contribution in [2.75, 3.05) is 7.05 Å². The Balaban J connectivity index is 2.00. The van der Waals surface area contributed by atoms with Crippen molar-refractivity contribution in [2.45, 2.75) is 38.1 Å². The molecule has 0 radical (unpaired) electrons. The summed E-state index contributed by atoms with van der Waals surface area (Å²) in [5, 5.41) is 2.69. The molecule has 0 spiro atoms. The Kier molecular flexibility index (Phi) is 3.71. The van der Waals surface area contributed by atoms with E-state index in [1.807, 2.05) is 6.92 Å². The third-order valence-electron chi connectivity index (χ3n) is 3.68. The Morgan fingerprint density at radius 2 is 2.11 bits per heavy atom. The van der Waals surface area contributed by atoms with Crippen LogP contribution in [-0.2, 0) is 17.6 Å². The van der Waals surface area contributed by atoms with Gasteiger partial charge in [-0.2, -0.15) is 0 Å². The van der Waals surface area contributed by atoms with Crippen LogP contribution in [-0.4, -0.2) is 18.5 Å². The van der Waals surface area contributed by atoms with Crippen molar-refractivity contribution in [2.24, 2.45) is 11.7 Å². The number of carbonyl (C=O) groups is 1. The minimum absolute atomic E-state index is 0.0120. The zero-order valence-corrected chi connectivity index (χ0v) is 11.2. The molecule has 1 amide bonds. The number of nitrogens with two attached hydrogens (primary N) is 1. The molecular weight excluding hydrogens is 224 g/mol. The summed E-state index contributed by atoms with van der Waals surface area (Å²) < 4.78 is 0. The second-order valence-electron chi connectivity index (χ2n) is 5.58. The first-order valence-corrected chi connectivity index (χ1v) is 6.61. The van der Waals surface area contributed by atoms with E-state index >= 15 is 0 Å². The molecule has 1 aliphatic rings.